The van der Waals surface area contributed by atoms with E-state index in [-0.39, 0.29) is 0 Å². The maximum Gasteiger partial charge on any atom is 0.142 e. The molecule has 2 N–H and O–H groups in total. The first kappa shape index (κ1) is 10.9. The zero-order valence-corrected chi connectivity index (χ0v) is 10.3. The molecule has 1 aromatic carbocycles. The van der Waals surface area contributed by atoms with Crippen LogP contribution in [0.3, 0.4) is 0 Å². The van der Waals surface area contributed by atoms with Crippen LogP contribution in [-0.4, -0.2) is 30.1 Å². The van der Waals surface area contributed by atoms with Crippen molar-refractivity contribution in [1.29, 1.82) is 0 Å². The highest BCUT2D eigenvalue weighted by Crippen LogP contribution is 2.36. The lowest BCUT2D eigenvalue weighted by molar-refractivity contribution is 0.0666. The molecule has 0 saturated carbocycles. The third-order valence-corrected chi connectivity index (χ3v) is 4.27. The normalized spacial score (nSPS) is 32.6. The molecule has 2 heterocycles. The minimum Gasteiger partial charge on any atom is -0.488 e. The van der Waals surface area contributed by atoms with E-state index in [1.807, 2.05) is 24.3 Å². The highest BCUT2D eigenvalue weighted by molar-refractivity contribution is 5.51. The Balaban J connectivity index is 1.70. The zero-order valence-electron chi connectivity index (χ0n) is 10.3. The van der Waals surface area contributed by atoms with E-state index in [1.165, 1.54) is 12.8 Å². The first-order valence-corrected chi connectivity index (χ1v) is 6.47. The average molecular weight is 232 g/mol. The summed E-state index contributed by atoms with van der Waals surface area (Å²) in [6.45, 7) is 0. The first-order valence-electron chi connectivity index (χ1n) is 6.47. The van der Waals surface area contributed by atoms with Gasteiger partial charge in [-0.3, -0.25) is 0 Å². The minimum atomic E-state index is 0.341. The van der Waals surface area contributed by atoms with Gasteiger partial charge in [-0.1, -0.05) is 12.1 Å². The van der Waals surface area contributed by atoms with Crippen LogP contribution in [0.15, 0.2) is 24.3 Å². The molecule has 92 valence electrons. The molecule has 0 amide bonds. The summed E-state index contributed by atoms with van der Waals surface area (Å²) < 4.78 is 6.06. The molecule has 2 aliphatic heterocycles. The number of rotatable bonds is 2. The fourth-order valence-corrected chi connectivity index (χ4v) is 3.23. The Kier molecular flexibility index (Phi) is 2.71. The van der Waals surface area contributed by atoms with E-state index in [0.717, 1.165) is 24.3 Å². The smallest absolute Gasteiger partial charge is 0.142 e. The molecule has 0 radical (unpaired) electrons. The third kappa shape index (κ3) is 2.00. The van der Waals surface area contributed by atoms with Crippen LogP contribution in [0.25, 0.3) is 0 Å². The van der Waals surface area contributed by atoms with Crippen molar-refractivity contribution >= 4 is 5.69 Å². The van der Waals surface area contributed by atoms with Gasteiger partial charge in [-0.05, 0) is 44.9 Å². The van der Waals surface area contributed by atoms with Gasteiger partial charge in [0.2, 0.25) is 0 Å². The van der Waals surface area contributed by atoms with Gasteiger partial charge in [-0.2, -0.15) is 0 Å². The fraction of sp³-hybridized carbons (Fsp3) is 0.571. The van der Waals surface area contributed by atoms with E-state index in [0.29, 0.717) is 18.2 Å². The topological polar surface area (TPSA) is 38.5 Å². The number of para-hydroxylation sites is 2. The van der Waals surface area contributed by atoms with Crippen LogP contribution >= 0.6 is 0 Å². The minimum absolute atomic E-state index is 0.341. The van der Waals surface area contributed by atoms with E-state index in [1.54, 1.807) is 0 Å². The number of ether oxygens (including phenoxy) is 1. The van der Waals surface area contributed by atoms with Gasteiger partial charge in [-0.25, -0.2) is 0 Å². The lowest BCUT2D eigenvalue weighted by Gasteiger charge is -2.36. The van der Waals surface area contributed by atoms with Gasteiger partial charge in [0.1, 0.15) is 11.9 Å². The number of hydrogen-bond acceptors (Lipinski definition) is 3. The van der Waals surface area contributed by atoms with E-state index in [9.17, 15) is 0 Å². The van der Waals surface area contributed by atoms with Crippen LogP contribution < -0.4 is 10.5 Å². The Morgan fingerprint density at radius 2 is 1.82 bits per heavy atom. The van der Waals surface area contributed by atoms with Crippen molar-refractivity contribution in [3.63, 3.8) is 0 Å². The van der Waals surface area contributed by atoms with Gasteiger partial charge in [-0.15, -0.1) is 0 Å². The molecule has 2 atom stereocenters. The molecular weight excluding hydrogens is 212 g/mol. The number of anilines is 1. The molecule has 1 aromatic rings. The molecule has 3 nitrogen and oxygen atoms in total. The lowest BCUT2D eigenvalue weighted by atomic mass is 10.0. The molecule has 2 unspecified atom stereocenters. The number of hydrogen-bond donors (Lipinski definition) is 1. The van der Waals surface area contributed by atoms with Crippen LogP contribution in [0.5, 0.6) is 5.75 Å². The summed E-state index contributed by atoms with van der Waals surface area (Å²) in [7, 11) is 2.25. The Labute approximate surface area is 103 Å². The Bertz CT molecular complexity index is 393. The molecule has 2 fully saturated rings. The predicted octanol–water partition coefficient (Wildman–Crippen LogP) is 2.27. The van der Waals surface area contributed by atoms with Crippen LogP contribution in [0.2, 0.25) is 0 Å². The van der Waals surface area contributed by atoms with Gasteiger partial charge < -0.3 is 15.4 Å². The van der Waals surface area contributed by atoms with Gasteiger partial charge in [0.25, 0.3) is 0 Å². The van der Waals surface area contributed by atoms with Crippen LogP contribution in [0.4, 0.5) is 5.69 Å². The second-order valence-electron chi connectivity index (χ2n) is 5.30. The van der Waals surface area contributed by atoms with Crippen molar-refractivity contribution in [3.8, 4) is 5.75 Å². The molecule has 3 heteroatoms. The second-order valence-corrected chi connectivity index (χ2v) is 5.30. The number of nitrogens with two attached hydrogens (primary N) is 1. The maximum atomic E-state index is 6.06. The highest BCUT2D eigenvalue weighted by atomic mass is 16.5. The first-order chi connectivity index (χ1) is 8.24. The summed E-state index contributed by atoms with van der Waals surface area (Å²) in [5.74, 6) is 0.849. The lowest BCUT2D eigenvalue weighted by Crippen LogP contribution is -2.43. The Hall–Kier alpha value is -1.22. The van der Waals surface area contributed by atoms with Crippen molar-refractivity contribution in [3.05, 3.63) is 24.3 Å². The van der Waals surface area contributed by atoms with Gasteiger partial charge in [0.05, 0.1) is 5.69 Å². The largest absolute Gasteiger partial charge is 0.488 e. The van der Waals surface area contributed by atoms with Crippen molar-refractivity contribution in [1.82, 2.24) is 4.90 Å². The average Bonchev–Trinajstić information content (AvgIpc) is 2.55. The molecule has 0 spiro atoms. The predicted molar refractivity (Wildman–Crippen MR) is 69.1 cm³/mol. The van der Waals surface area contributed by atoms with Gasteiger partial charge in [0.15, 0.2) is 0 Å². The molecule has 0 aromatic heterocycles. The molecule has 17 heavy (non-hydrogen) atoms. The highest BCUT2D eigenvalue weighted by Gasteiger charge is 2.39. The number of nitrogen functional groups attached to an aromatic ring is 1. The van der Waals surface area contributed by atoms with Crippen molar-refractivity contribution in [2.45, 2.75) is 43.9 Å². The number of piperidine rings is 1. The summed E-state index contributed by atoms with van der Waals surface area (Å²) in [5, 5.41) is 0. The monoisotopic (exact) mass is 232 g/mol. The van der Waals surface area contributed by atoms with Gasteiger partial charge in [0, 0.05) is 12.1 Å². The van der Waals surface area contributed by atoms with Crippen LogP contribution in [0.1, 0.15) is 25.7 Å². The molecule has 2 bridgehead atoms. The molecule has 0 aliphatic carbocycles. The third-order valence-electron chi connectivity index (χ3n) is 4.27. The molecule has 2 saturated heterocycles. The standard InChI is InChI=1S/C14H20N2O/c1-16-10-6-7-11(16)9-12(8-10)17-14-5-3-2-4-13(14)15/h2-5,10-12H,6-9,15H2,1H3. The van der Waals surface area contributed by atoms with E-state index in [2.05, 4.69) is 11.9 Å². The van der Waals surface area contributed by atoms with Crippen molar-refractivity contribution in [2.75, 3.05) is 12.8 Å². The maximum absolute atomic E-state index is 6.06. The van der Waals surface area contributed by atoms with E-state index >= 15 is 0 Å². The summed E-state index contributed by atoms with van der Waals surface area (Å²) in [5.41, 5.74) is 6.66. The summed E-state index contributed by atoms with van der Waals surface area (Å²) in [4.78, 5) is 2.52. The Morgan fingerprint density at radius 1 is 1.18 bits per heavy atom. The van der Waals surface area contributed by atoms with Crippen LogP contribution in [-0.2, 0) is 0 Å². The summed E-state index contributed by atoms with van der Waals surface area (Å²) in [6, 6.07) is 9.22. The van der Waals surface area contributed by atoms with Gasteiger partial charge >= 0.3 is 0 Å². The Morgan fingerprint density at radius 3 is 2.47 bits per heavy atom. The summed E-state index contributed by atoms with van der Waals surface area (Å²) in [6.07, 6.45) is 5.27. The fourth-order valence-electron chi connectivity index (χ4n) is 3.23. The molecule has 2 aliphatic rings. The number of benzene rings is 1. The zero-order chi connectivity index (χ0) is 11.8. The van der Waals surface area contributed by atoms with E-state index in [4.69, 9.17) is 10.5 Å². The van der Waals surface area contributed by atoms with Crippen molar-refractivity contribution in [2.24, 2.45) is 0 Å². The second kappa shape index (κ2) is 4.22. The SMILES string of the molecule is CN1C2CCC1CC(Oc1ccccc1N)C2. The van der Waals surface area contributed by atoms with Crippen LogP contribution in [0, 0.1) is 0 Å². The summed E-state index contributed by atoms with van der Waals surface area (Å²) >= 11 is 0. The molecule has 3 rings (SSSR count). The number of fused-ring (bicyclic) bond motifs is 2. The number of nitrogens with zero attached hydrogens (tertiary/aromatic N) is 1. The van der Waals surface area contributed by atoms with E-state index < -0.39 is 0 Å². The molecular formula is C14H20N2O. The van der Waals surface area contributed by atoms with Crippen molar-refractivity contribution < 1.29 is 4.74 Å². The quantitative estimate of drug-likeness (QED) is 0.795.